The smallest absolute Gasteiger partial charge is 0.0974 e. The molecule has 0 saturated carbocycles. The topological polar surface area (TPSA) is 9.23 Å². The molecule has 0 bridgehead atoms. The first-order chi connectivity index (χ1) is 4.48. The van der Waals surface area contributed by atoms with Crippen molar-refractivity contribution in [2.75, 3.05) is 10.8 Å². The second kappa shape index (κ2) is 4.72. The summed E-state index contributed by atoms with van der Waals surface area (Å²) < 4.78 is 6.18. The average Bonchev–Trinajstić information content (AvgIpc) is 1.80. The van der Waals surface area contributed by atoms with E-state index in [1.165, 1.54) is 0 Å². The third kappa shape index (κ3) is 4.68. The van der Waals surface area contributed by atoms with Crippen molar-refractivity contribution in [2.45, 2.75) is 32.4 Å². The minimum absolute atomic E-state index is 0.295. The first kappa shape index (κ1) is 10.9. The fourth-order valence-corrected chi connectivity index (χ4v) is 1.89. The SMILES string of the molecule is C[Si](COCI)C(C)(C)C. The molecular weight excluding hydrogens is 255 g/mol. The quantitative estimate of drug-likeness (QED) is 0.436. The minimum atomic E-state index is -0.295. The molecular formula is C7H16IOSi. The third-order valence-corrected chi connectivity index (χ3v) is 5.31. The van der Waals surface area contributed by atoms with Gasteiger partial charge in [-0.3, -0.25) is 0 Å². The monoisotopic (exact) mass is 271 g/mol. The third-order valence-electron chi connectivity index (χ3n) is 1.68. The van der Waals surface area contributed by atoms with Gasteiger partial charge in [-0.25, -0.2) is 0 Å². The maximum atomic E-state index is 5.35. The van der Waals surface area contributed by atoms with Crippen molar-refractivity contribution >= 4 is 31.4 Å². The van der Waals surface area contributed by atoms with Crippen LogP contribution in [0.15, 0.2) is 0 Å². The summed E-state index contributed by atoms with van der Waals surface area (Å²) >= 11 is 2.24. The molecule has 0 rings (SSSR count). The van der Waals surface area contributed by atoms with E-state index >= 15 is 0 Å². The summed E-state index contributed by atoms with van der Waals surface area (Å²) in [7, 11) is -0.295. The van der Waals surface area contributed by atoms with E-state index in [1.807, 2.05) is 0 Å². The molecule has 0 aliphatic heterocycles. The van der Waals surface area contributed by atoms with Crippen molar-refractivity contribution in [1.29, 1.82) is 0 Å². The number of ether oxygens (including phenoxy) is 1. The molecule has 0 aliphatic carbocycles. The Balaban J connectivity index is 3.52. The van der Waals surface area contributed by atoms with Crippen LogP contribution in [0.2, 0.25) is 11.6 Å². The molecule has 0 fully saturated rings. The lowest BCUT2D eigenvalue weighted by atomic mass is 10.2. The zero-order valence-corrected chi connectivity index (χ0v) is 10.4. The van der Waals surface area contributed by atoms with E-state index < -0.39 is 0 Å². The molecule has 0 aromatic heterocycles. The molecule has 0 N–H and O–H groups in total. The Hall–Kier alpha value is 0.907. The van der Waals surface area contributed by atoms with E-state index in [0.29, 0.717) is 5.04 Å². The summed E-state index contributed by atoms with van der Waals surface area (Å²) in [6, 6.07) is 0. The predicted octanol–water partition coefficient (Wildman–Crippen LogP) is 2.86. The van der Waals surface area contributed by atoms with Gasteiger partial charge < -0.3 is 4.74 Å². The zero-order chi connectivity index (χ0) is 8.20. The van der Waals surface area contributed by atoms with E-state index in [1.54, 1.807) is 0 Å². The molecule has 0 unspecified atom stereocenters. The predicted molar refractivity (Wildman–Crippen MR) is 56.2 cm³/mol. The molecule has 0 spiro atoms. The van der Waals surface area contributed by atoms with E-state index in [-0.39, 0.29) is 8.80 Å². The zero-order valence-electron chi connectivity index (χ0n) is 7.20. The number of rotatable bonds is 3. The van der Waals surface area contributed by atoms with Crippen LogP contribution in [0, 0.1) is 0 Å². The highest BCUT2D eigenvalue weighted by molar-refractivity contribution is 14.1. The van der Waals surface area contributed by atoms with Crippen LogP contribution >= 0.6 is 22.6 Å². The van der Waals surface area contributed by atoms with Gasteiger partial charge in [-0.2, -0.15) is 0 Å². The Morgan fingerprint density at radius 3 is 2.20 bits per heavy atom. The normalized spacial score (nSPS) is 12.6. The van der Waals surface area contributed by atoms with Gasteiger partial charge in [-0.15, -0.1) is 0 Å². The van der Waals surface area contributed by atoms with Crippen molar-refractivity contribution in [1.82, 2.24) is 0 Å². The molecule has 0 aromatic rings. The summed E-state index contributed by atoms with van der Waals surface area (Å²) in [6.45, 7) is 9.20. The number of hydrogen-bond donors (Lipinski definition) is 0. The summed E-state index contributed by atoms with van der Waals surface area (Å²) in [4.78, 5) is 0. The van der Waals surface area contributed by atoms with E-state index in [4.69, 9.17) is 4.74 Å². The molecule has 0 atom stereocenters. The standard InChI is InChI=1S/C7H16IOSi/c1-7(2,3)10(4)6-9-5-8/h5-6H2,1-4H3. The Labute approximate surface area is 79.3 Å². The van der Waals surface area contributed by atoms with Crippen LogP contribution in [0.1, 0.15) is 20.8 Å². The van der Waals surface area contributed by atoms with E-state index in [0.717, 1.165) is 10.8 Å². The Morgan fingerprint density at radius 1 is 1.40 bits per heavy atom. The van der Waals surface area contributed by atoms with Gasteiger partial charge in [0.1, 0.15) is 0 Å². The van der Waals surface area contributed by atoms with Crippen molar-refractivity contribution in [3.8, 4) is 0 Å². The summed E-state index contributed by atoms with van der Waals surface area (Å²) in [5.41, 5.74) is 0. The van der Waals surface area contributed by atoms with Crippen LogP contribution in [0.4, 0.5) is 0 Å². The Kier molecular flexibility index (Phi) is 5.15. The van der Waals surface area contributed by atoms with Crippen LogP contribution in [-0.4, -0.2) is 19.6 Å². The van der Waals surface area contributed by atoms with Crippen LogP contribution in [0.5, 0.6) is 0 Å². The lowest BCUT2D eigenvalue weighted by molar-refractivity contribution is 0.237. The summed E-state index contributed by atoms with van der Waals surface area (Å²) in [6.07, 6.45) is 0.983. The molecule has 0 amide bonds. The average molecular weight is 271 g/mol. The molecule has 0 aromatic carbocycles. The van der Waals surface area contributed by atoms with Gasteiger partial charge in [0.25, 0.3) is 0 Å². The first-order valence-corrected chi connectivity index (χ1v) is 7.18. The lowest BCUT2D eigenvalue weighted by Crippen LogP contribution is -2.27. The largest absolute Gasteiger partial charge is 0.375 e. The van der Waals surface area contributed by atoms with E-state index in [9.17, 15) is 0 Å². The van der Waals surface area contributed by atoms with Gasteiger partial charge in [0.05, 0.1) is 13.4 Å². The number of hydrogen-bond acceptors (Lipinski definition) is 1. The number of alkyl halides is 1. The maximum Gasteiger partial charge on any atom is 0.0974 e. The molecule has 1 radical (unpaired) electrons. The van der Waals surface area contributed by atoms with Gasteiger partial charge in [-0.1, -0.05) is 49.9 Å². The highest BCUT2D eigenvalue weighted by Gasteiger charge is 2.21. The molecule has 1 nitrogen and oxygen atoms in total. The van der Waals surface area contributed by atoms with Crippen molar-refractivity contribution < 1.29 is 4.74 Å². The van der Waals surface area contributed by atoms with Gasteiger partial charge >= 0.3 is 0 Å². The fraction of sp³-hybridized carbons (Fsp3) is 1.00. The molecule has 0 heterocycles. The number of halogens is 1. The second-order valence-corrected chi connectivity index (χ2v) is 7.46. The van der Waals surface area contributed by atoms with Crippen molar-refractivity contribution in [2.24, 2.45) is 0 Å². The van der Waals surface area contributed by atoms with Crippen molar-refractivity contribution in [3.05, 3.63) is 0 Å². The molecule has 0 saturated heterocycles. The highest BCUT2D eigenvalue weighted by Crippen LogP contribution is 2.26. The van der Waals surface area contributed by atoms with Crippen LogP contribution in [0.25, 0.3) is 0 Å². The van der Waals surface area contributed by atoms with E-state index in [2.05, 4.69) is 49.9 Å². The summed E-state index contributed by atoms with van der Waals surface area (Å²) in [5.74, 6) is 0. The Morgan fingerprint density at radius 2 is 1.90 bits per heavy atom. The molecule has 10 heavy (non-hydrogen) atoms. The fourth-order valence-electron chi connectivity index (χ4n) is 0.408. The molecule has 61 valence electrons. The van der Waals surface area contributed by atoms with Crippen LogP contribution in [-0.2, 0) is 4.74 Å². The molecule has 0 aliphatic rings. The summed E-state index contributed by atoms with van der Waals surface area (Å²) in [5, 5.41) is 0.483. The Bertz CT molecular complexity index is 90.1. The van der Waals surface area contributed by atoms with Gasteiger partial charge in [-0.05, 0) is 5.04 Å². The van der Waals surface area contributed by atoms with Crippen molar-refractivity contribution in [3.63, 3.8) is 0 Å². The highest BCUT2D eigenvalue weighted by atomic mass is 127. The van der Waals surface area contributed by atoms with Gasteiger partial charge in [0.15, 0.2) is 0 Å². The lowest BCUT2D eigenvalue weighted by Gasteiger charge is -2.24. The van der Waals surface area contributed by atoms with Gasteiger partial charge in [0, 0.05) is 6.23 Å². The second-order valence-electron chi connectivity index (χ2n) is 3.49. The molecule has 3 heteroatoms. The maximum absolute atomic E-state index is 5.35. The first-order valence-electron chi connectivity index (χ1n) is 3.45. The van der Waals surface area contributed by atoms with Crippen LogP contribution in [0.3, 0.4) is 0 Å². The minimum Gasteiger partial charge on any atom is -0.375 e. The van der Waals surface area contributed by atoms with Gasteiger partial charge in [0.2, 0.25) is 0 Å². The van der Waals surface area contributed by atoms with Crippen LogP contribution < -0.4 is 0 Å².